The molecule has 1 aliphatic heterocycles. The zero-order valence-corrected chi connectivity index (χ0v) is 7.84. The zero-order chi connectivity index (χ0) is 9.56. The first-order valence-electron chi connectivity index (χ1n) is 3.55. The Morgan fingerprint density at radius 3 is 2.00 bits per heavy atom. The Kier molecular flexibility index (Phi) is 8.52. The number of hydrogen-bond acceptors (Lipinski definition) is 3. The lowest BCUT2D eigenvalue weighted by molar-refractivity contribution is -0.139. The standard InChI is InChI=1S/C5H9NO2.CH4N2O.ClH/c7-5(8)4-2-1-3-6-4;2-1(3)4;/h4,6H,1-3H2,(H,7,8);(H4,2,3,4);1H/t4-;;/m0../s1. The molecule has 7 heteroatoms. The van der Waals surface area contributed by atoms with Gasteiger partial charge >= 0.3 is 12.0 Å². The van der Waals surface area contributed by atoms with Crippen molar-refractivity contribution in [1.29, 1.82) is 0 Å². The van der Waals surface area contributed by atoms with Gasteiger partial charge in [0, 0.05) is 0 Å². The van der Waals surface area contributed by atoms with E-state index in [4.69, 9.17) is 9.90 Å². The number of nitrogens with two attached hydrogens (primary N) is 2. The number of amides is 2. The first kappa shape index (κ1) is 14.5. The highest BCUT2D eigenvalue weighted by Crippen LogP contribution is 2.03. The number of hydrogen-bond donors (Lipinski definition) is 4. The molecule has 0 spiro atoms. The van der Waals surface area contributed by atoms with Crippen LogP contribution in [0.3, 0.4) is 0 Å². The predicted molar refractivity (Wildman–Crippen MR) is 49.7 cm³/mol. The minimum absolute atomic E-state index is 0. The van der Waals surface area contributed by atoms with Crippen molar-refractivity contribution < 1.29 is 14.7 Å². The molecule has 6 N–H and O–H groups in total. The summed E-state index contributed by atoms with van der Waals surface area (Å²) in [5.74, 6) is -0.720. The average Bonchev–Trinajstić information content (AvgIpc) is 2.34. The summed E-state index contributed by atoms with van der Waals surface area (Å²) in [7, 11) is 0. The second-order valence-corrected chi connectivity index (χ2v) is 2.39. The van der Waals surface area contributed by atoms with E-state index in [1.807, 2.05) is 0 Å². The third kappa shape index (κ3) is 8.90. The molecule has 1 fully saturated rings. The normalized spacial score (nSPS) is 19.2. The van der Waals surface area contributed by atoms with Crippen LogP contribution in [0.1, 0.15) is 12.8 Å². The van der Waals surface area contributed by atoms with Gasteiger partial charge in [-0.15, -0.1) is 12.4 Å². The van der Waals surface area contributed by atoms with Gasteiger partial charge in [-0.05, 0) is 19.4 Å². The SMILES string of the molecule is Cl.NC(N)=O.O=C(O)[C@@H]1CCCN1. The minimum atomic E-state index is -0.833. The summed E-state index contributed by atoms with van der Waals surface area (Å²) in [5.41, 5.74) is 8.50. The van der Waals surface area contributed by atoms with Crippen molar-refractivity contribution in [3.8, 4) is 0 Å². The number of urea groups is 1. The Morgan fingerprint density at radius 2 is 1.85 bits per heavy atom. The molecule has 0 saturated carbocycles. The first-order chi connectivity index (χ1) is 5.54. The number of rotatable bonds is 1. The maximum absolute atomic E-state index is 10.1. The highest BCUT2D eigenvalue weighted by Gasteiger charge is 2.20. The van der Waals surface area contributed by atoms with Gasteiger partial charge in [0.2, 0.25) is 0 Å². The van der Waals surface area contributed by atoms with E-state index >= 15 is 0 Å². The van der Waals surface area contributed by atoms with Gasteiger partial charge in [0.05, 0.1) is 0 Å². The van der Waals surface area contributed by atoms with Crippen LogP contribution in [0.5, 0.6) is 0 Å². The predicted octanol–water partition coefficient (Wildman–Crippen LogP) is -0.731. The lowest BCUT2D eigenvalue weighted by atomic mass is 10.2. The molecule has 0 aliphatic carbocycles. The van der Waals surface area contributed by atoms with Gasteiger partial charge in [0.25, 0.3) is 0 Å². The van der Waals surface area contributed by atoms with E-state index in [1.54, 1.807) is 0 Å². The molecule has 0 aromatic heterocycles. The molecule has 1 atom stereocenters. The molecule has 0 aromatic carbocycles. The Labute approximate surface area is 82.1 Å². The Morgan fingerprint density at radius 1 is 1.38 bits per heavy atom. The maximum Gasteiger partial charge on any atom is 0.320 e. The van der Waals surface area contributed by atoms with Crippen LogP contribution in [0.2, 0.25) is 0 Å². The van der Waals surface area contributed by atoms with Crippen molar-refractivity contribution in [2.45, 2.75) is 18.9 Å². The van der Waals surface area contributed by atoms with Crippen molar-refractivity contribution in [2.24, 2.45) is 11.5 Å². The molecule has 1 heterocycles. The average molecular weight is 212 g/mol. The molecule has 78 valence electrons. The number of aliphatic carboxylic acids is 1. The van der Waals surface area contributed by atoms with Crippen molar-refractivity contribution >= 4 is 24.4 Å². The molecule has 2 amide bonds. The summed E-state index contributed by atoms with van der Waals surface area (Å²) in [6.07, 6.45) is 1.78. The van der Waals surface area contributed by atoms with Crippen LogP contribution in [-0.4, -0.2) is 29.7 Å². The van der Waals surface area contributed by atoms with Crippen LogP contribution in [0.25, 0.3) is 0 Å². The summed E-state index contributed by atoms with van der Waals surface area (Å²) in [4.78, 5) is 19.1. The maximum atomic E-state index is 10.1. The quantitative estimate of drug-likeness (QED) is 0.457. The molecule has 1 aliphatic rings. The summed E-state index contributed by atoms with van der Waals surface area (Å²) < 4.78 is 0. The molecule has 1 saturated heterocycles. The van der Waals surface area contributed by atoms with Gasteiger partial charge in [-0.2, -0.15) is 0 Å². The first-order valence-corrected chi connectivity index (χ1v) is 3.55. The third-order valence-electron chi connectivity index (χ3n) is 1.36. The van der Waals surface area contributed by atoms with E-state index in [1.165, 1.54) is 0 Å². The van der Waals surface area contributed by atoms with Crippen molar-refractivity contribution in [2.75, 3.05) is 6.54 Å². The van der Waals surface area contributed by atoms with Gasteiger partial charge in [0.15, 0.2) is 0 Å². The van der Waals surface area contributed by atoms with Crippen molar-refractivity contribution in [3.63, 3.8) is 0 Å². The van der Waals surface area contributed by atoms with Crippen LogP contribution < -0.4 is 16.8 Å². The minimum Gasteiger partial charge on any atom is -0.480 e. The van der Waals surface area contributed by atoms with Crippen molar-refractivity contribution in [3.05, 3.63) is 0 Å². The largest absolute Gasteiger partial charge is 0.480 e. The lowest BCUT2D eigenvalue weighted by Gasteiger charge is -1.99. The fourth-order valence-corrected chi connectivity index (χ4v) is 0.895. The lowest BCUT2D eigenvalue weighted by Crippen LogP contribution is -2.29. The van der Waals surface area contributed by atoms with E-state index in [-0.39, 0.29) is 18.4 Å². The van der Waals surface area contributed by atoms with E-state index in [0.29, 0.717) is 0 Å². The van der Waals surface area contributed by atoms with Gasteiger partial charge in [-0.1, -0.05) is 0 Å². The van der Waals surface area contributed by atoms with Crippen LogP contribution in [0.15, 0.2) is 0 Å². The number of primary amides is 2. The Bertz CT molecular complexity index is 167. The smallest absolute Gasteiger partial charge is 0.320 e. The molecular formula is C6H14ClN3O3. The number of carboxylic acids is 1. The topological polar surface area (TPSA) is 118 Å². The van der Waals surface area contributed by atoms with Gasteiger partial charge in [-0.3, -0.25) is 4.79 Å². The van der Waals surface area contributed by atoms with Crippen LogP contribution in [-0.2, 0) is 4.79 Å². The zero-order valence-electron chi connectivity index (χ0n) is 7.03. The molecule has 0 unspecified atom stereocenters. The van der Waals surface area contributed by atoms with Crippen LogP contribution in [0.4, 0.5) is 4.79 Å². The summed E-state index contributed by atoms with van der Waals surface area (Å²) in [6, 6.07) is -1.10. The number of carbonyl (C=O) groups is 2. The Hall–Kier alpha value is -1.01. The molecule has 13 heavy (non-hydrogen) atoms. The van der Waals surface area contributed by atoms with E-state index in [9.17, 15) is 4.79 Å². The fourth-order valence-electron chi connectivity index (χ4n) is 0.895. The highest BCUT2D eigenvalue weighted by atomic mass is 35.5. The van der Waals surface area contributed by atoms with Crippen molar-refractivity contribution in [1.82, 2.24) is 5.32 Å². The molecule has 0 aromatic rings. The number of carboxylic acid groups (broad SMARTS) is 1. The van der Waals surface area contributed by atoms with Crippen LogP contribution >= 0.6 is 12.4 Å². The van der Waals surface area contributed by atoms with E-state index in [0.717, 1.165) is 19.4 Å². The van der Waals surface area contributed by atoms with Crippen LogP contribution in [0, 0.1) is 0 Å². The number of carbonyl (C=O) groups excluding carboxylic acids is 1. The second kappa shape index (κ2) is 7.63. The second-order valence-electron chi connectivity index (χ2n) is 2.39. The van der Waals surface area contributed by atoms with E-state index in [2.05, 4.69) is 16.8 Å². The molecule has 6 nitrogen and oxygen atoms in total. The summed E-state index contributed by atoms with van der Waals surface area (Å²) in [6.45, 7) is 0.858. The number of nitrogens with one attached hydrogen (secondary N) is 1. The molecule has 0 bridgehead atoms. The Balaban J connectivity index is 0. The number of halogens is 1. The fraction of sp³-hybridized carbons (Fsp3) is 0.667. The van der Waals surface area contributed by atoms with E-state index < -0.39 is 12.0 Å². The highest BCUT2D eigenvalue weighted by molar-refractivity contribution is 5.85. The van der Waals surface area contributed by atoms with Gasteiger partial charge in [0.1, 0.15) is 6.04 Å². The third-order valence-corrected chi connectivity index (χ3v) is 1.36. The summed E-state index contributed by atoms with van der Waals surface area (Å²) >= 11 is 0. The molecule has 1 rings (SSSR count). The van der Waals surface area contributed by atoms with Gasteiger partial charge in [-0.25, -0.2) is 4.79 Å². The van der Waals surface area contributed by atoms with Gasteiger partial charge < -0.3 is 21.9 Å². The monoisotopic (exact) mass is 211 g/mol. The molecular weight excluding hydrogens is 198 g/mol. The molecule has 0 radical (unpaired) electrons. The summed E-state index contributed by atoms with van der Waals surface area (Å²) in [5, 5.41) is 11.2.